The Balaban J connectivity index is 1.26. The molecule has 5 rings (SSSR count). The molecule has 3 aromatic carbocycles. The van der Waals surface area contributed by atoms with Gasteiger partial charge in [-0.3, -0.25) is 4.79 Å². The molecule has 0 bridgehead atoms. The van der Waals surface area contributed by atoms with Gasteiger partial charge in [0.15, 0.2) is 28.8 Å². The lowest BCUT2D eigenvalue weighted by Crippen LogP contribution is -2.60. The molecule has 2 aliphatic rings. The minimum Gasteiger partial charge on any atom is -0.508 e. The van der Waals surface area contributed by atoms with Crippen molar-refractivity contribution in [1.82, 2.24) is 0 Å². The number of aliphatic hydroxyl groups excluding tert-OH is 3. The van der Waals surface area contributed by atoms with Crippen molar-refractivity contribution in [3.05, 3.63) is 83.1 Å². The number of benzene rings is 3. The average Bonchev–Trinajstić information content (AvgIpc) is 3.30. The summed E-state index contributed by atoms with van der Waals surface area (Å²) in [6.45, 7) is -0.529. The molecule has 1 saturated heterocycles. The fourth-order valence-corrected chi connectivity index (χ4v) is 4.33. The number of fused-ring (bicyclic) bond motifs is 1. The van der Waals surface area contributed by atoms with E-state index in [1.807, 2.05) is 0 Å². The summed E-state index contributed by atoms with van der Waals surface area (Å²) >= 11 is 0. The Morgan fingerprint density at radius 1 is 0.860 bits per heavy atom. The van der Waals surface area contributed by atoms with Gasteiger partial charge in [-0.25, -0.2) is 4.79 Å². The van der Waals surface area contributed by atoms with Gasteiger partial charge in [0.1, 0.15) is 36.8 Å². The van der Waals surface area contributed by atoms with Crippen LogP contribution in [-0.4, -0.2) is 84.8 Å². The predicted octanol–water partition coefficient (Wildman–Crippen LogP) is 1.57. The summed E-state index contributed by atoms with van der Waals surface area (Å²) in [4.78, 5) is 25.0. The summed E-state index contributed by atoms with van der Waals surface area (Å²) in [5.41, 5.74) is 0.930. The van der Waals surface area contributed by atoms with Gasteiger partial charge in [0.2, 0.25) is 17.8 Å². The summed E-state index contributed by atoms with van der Waals surface area (Å²) in [6, 6.07) is 12.4. The third kappa shape index (κ3) is 6.24. The minimum absolute atomic E-state index is 0.00943. The summed E-state index contributed by atoms with van der Waals surface area (Å²) < 4.78 is 21.7. The fraction of sp³-hybridized carbons (Fsp3) is 0.200. The van der Waals surface area contributed by atoms with Crippen LogP contribution in [0.4, 0.5) is 0 Å². The number of esters is 1. The molecule has 5 atom stereocenters. The van der Waals surface area contributed by atoms with E-state index >= 15 is 0 Å². The van der Waals surface area contributed by atoms with Crippen LogP contribution in [0.25, 0.3) is 12.2 Å². The van der Waals surface area contributed by atoms with E-state index in [4.69, 9.17) is 18.9 Å². The van der Waals surface area contributed by atoms with Gasteiger partial charge in [-0.05, 0) is 59.7 Å². The van der Waals surface area contributed by atoms with Crippen LogP contribution in [0.5, 0.6) is 34.5 Å². The SMILES string of the molecule is O=C(/C=C/c1ccc(O)cc1)OC[C@H]1O[C@@H](Oc2ccc3c(c2O)O/C(=C\c2ccc(O)c(O)c2)C3=O)[C@@H](O)[C@@H](O)[C@H]1O. The first-order valence-corrected chi connectivity index (χ1v) is 12.8. The lowest BCUT2D eigenvalue weighted by atomic mass is 9.99. The monoisotopic (exact) mass is 594 g/mol. The number of hydrogen-bond donors (Lipinski definition) is 7. The molecule has 0 unspecified atom stereocenters. The van der Waals surface area contributed by atoms with E-state index in [2.05, 4.69) is 0 Å². The lowest BCUT2D eigenvalue weighted by molar-refractivity contribution is -0.278. The van der Waals surface area contributed by atoms with Gasteiger partial charge in [0.25, 0.3) is 0 Å². The zero-order valence-corrected chi connectivity index (χ0v) is 22.1. The van der Waals surface area contributed by atoms with Gasteiger partial charge < -0.3 is 54.7 Å². The van der Waals surface area contributed by atoms with Crippen LogP contribution < -0.4 is 9.47 Å². The van der Waals surface area contributed by atoms with E-state index in [-0.39, 0.29) is 34.3 Å². The lowest BCUT2D eigenvalue weighted by Gasteiger charge is -2.39. The molecule has 0 radical (unpaired) electrons. The van der Waals surface area contributed by atoms with E-state index in [1.54, 1.807) is 12.1 Å². The number of aromatic hydroxyl groups is 4. The van der Waals surface area contributed by atoms with Crippen molar-refractivity contribution < 1.29 is 64.3 Å². The Bertz CT molecular complexity index is 1590. The highest BCUT2D eigenvalue weighted by atomic mass is 16.7. The standard InChI is InChI=1S/C30H26O13/c31-16-5-1-14(2-6-16)4-10-23(34)40-13-22-25(36)27(38)28(39)30(43-22)42-20-9-7-17-24(35)21(41-29(17)26(20)37)12-15-3-8-18(32)19(33)11-15/h1-12,22,25,27-28,30-33,36-39H,13H2/b10-4+,21-12-/t22-,25+,27+,28+,30-/m1/s1. The molecule has 0 saturated carbocycles. The molecule has 1 fully saturated rings. The van der Waals surface area contributed by atoms with Gasteiger partial charge in [0.05, 0.1) is 5.56 Å². The number of aliphatic hydroxyl groups is 3. The van der Waals surface area contributed by atoms with Gasteiger partial charge in [-0.1, -0.05) is 18.2 Å². The normalized spacial score (nSPS) is 24.1. The molecular weight excluding hydrogens is 568 g/mol. The Labute approximate surface area is 243 Å². The molecule has 13 heteroatoms. The van der Waals surface area contributed by atoms with Crippen molar-refractivity contribution in [1.29, 1.82) is 0 Å². The van der Waals surface area contributed by atoms with Gasteiger partial charge in [-0.15, -0.1) is 0 Å². The van der Waals surface area contributed by atoms with E-state index < -0.39 is 60.6 Å². The van der Waals surface area contributed by atoms with Crippen LogP contribution in [0.1, 0.15) is 21.5 Å². The summed E-state index contributed by atoms with van der Waals surface area (Å²) in [5, 5.41) is 70.5. The molecule has 7 N–H and O–H groups in total. The summed E-state index contributed by atoms with van der Waals surface area (Å²) in [7, 11) is 0. The van der Waals surface area contributed by atoms with Crippen LogP contribution in [-0.2, 0) is 14.3 Å². The number of Topliss-reactive ketones (excluding diaryl/α,β-unsaturated/α-hetero) is 1. The van der Waals surface area contributed by atoms with Crippen molar-refractivity contribution >= 4 is 23.9 Å². The smallest absolute Gasteiger partial charge is 0.330 e. The van der Waals surface area contributed by atoms with Crippen LogP contribution >= 0.6 is 0 Å². The van der Waals surface area contributed by atoms with Crippen molar-refractivity contribution in [3.8, 4) is 34.5 Å². The van der Waals surface area contributed by atoms with Crippen molar-refractivity contribution in [2.45, 2.75) is 30.7 Å². The summed E-state index contributed by atoms with van der Waals surface area (Å²) in [5.74, 6) is -3.45. The Morgan fingerprint density at radius 3 is 2.30 bits per heavy atom. The summed E-state index contributed by atoms with van der Waals surface area (Å²) in [6.07, 6.45) is -4.37. The van der Waals surface area contributed by atoms with E-state index in [9.17, 15) is 45.3 Å². The number of allylic oxidation sites excluding steroid dienone is 1. The maximum atomic E-state index is 12.8. The molecule has 224 valence electrons. The van der Waals surface area contributed by atoms with Gasteiger partial charge in [-0.2, -0.15) is 0 Å². The number of phenols is 4. The molecule has 0 spiro atoms. The van der Waals surface area contributed by atoms with Crippen LogP contribution in [0, 0.1) is 0 Å². The second-order valence-corrected chi connectivity index (χ2v) is 9.66. The number of rotatable bonds is 7. The number of ketones is 1. The highest BCUT2D eigenvalue weighted by Crippen LogP contribution is 2.45. The second kappa shape index (κ2) is 12.0. The molecule has 2 heterocycles. The van der Waals surface area contributed by atoms with E-state index in [0.717, 1.165) is 6.08 Å². The maximum absolute atomic E-state index is 12.8. The van der Waals surface area contributed by atoms with Crippen molar-refractivity contribution in [3.63, 3.8) is 0 Å². The third-order valence-electron chi connectivity index (χ3n) is 6.68. The topological polar surface area (TPSA) is 213 Å². The molecule has 0 amide bonds. The van der Waals surface area contributed by atoms with Gasteiger partial charge in [0, 0.05) is 6.08 Å². The Kier molecular flexibility index (Phi) is 8.23. The first-order valence-electron chi connectivity index (χ1n) is 12.8. The maximum Gasteiger partial charge on any atom is 0.330 e. The number of carbonyl (C=O) groups is 2. The zero-order valence-electron chi connectivity index (χ0n) is 22.1. The molecule has 3 aromatic rings. The van der Waals surface area contributed by atoms with Gasteiger partial charge >= 0.3 is 5.97 Å². The Morgan fingerprint density at radius 2 is 1.58 bits per heavy atom. The van der Waals surface area contributed by atoms with E-state index in [0.29, 0.717) is 11.1 Å². The van der Waals surface area contributed by atoms with Crippen molar-refractivity contribution in [2.75, 3.05) is 6.61 Å². The van der Waals surface area contributed by atoms with Crippen LogP contribution in [0.2, 0.25) is 0 Å². The second-order valence-electron chi connectivity index (χ2n) is 9.66. The quantitative estimate of drug-likeness (QED) is 0.118. The number of carbonyl (C=O) groups excluding carboxylic acids is 2. The Hall–Kier alpha value is -5.08. The first kappa shape index (κ1) is 29.4. The highest BCUT2D eigenvalue weighted by molar-refractivity contribution is 6.15. The van der Waals surface area contributed by atoms with Crippen LogP contribution in [0.15, 0.2) is 66.4 Å². The average molecular weight is 595 g/mol. The molecule has 43 heavy (non-hydrogen) atoms. The molecule has 2 aliphatic heterocycles. The number of hydrogen-bond acceptors (Lipinski definition) is 13. The minimum atomic E-state index is -1.79. The number of phenolic OH excluding ortho intramolecular Hbond substituents is 4. The number of ether oxygens (including phenoxy) is 4. The largest absolute Gasteiger partial charge is 0.508 e. The van der Waals surface area contributed by atoms with Crippen LogP contribution in [0.3, 0.4) is 0 Å². The molecule has 0 aliphatic carbocycles. The van der Waals surface area contributed by atoms with E-state index in [1.165, 1.54) is 54.6 Å². The molecular formula is C30H26O13. The third-order valence-corrected chi connectivity index (χ3v) is 6.68. The fourth-order valence-electron chi connectivity index (χ4n) is 4.33. The highest BCUT2D eigenvalue weighted by Gasteiger charge is 2.46. The predicted molar refractivity (Wildman–Crippen MR) is 146 cm³/mol. The molecule has 0 aromatic heterocycles. The molecule has 13 nitrogen and oxygen atoms in total. The van der Waals surface area contributed by atoms with Crippen molar-refractivity contribution in [2.24, 2.45) is 0 Å². The first-order chi connectivity index (χ1) is 20.5. The zero-order chi connectivity index (χ0) is 30.8.